The van der Waals surface area contributed by atoms with E-state index >= 15 is 0 Å². The molecule has 2 aromatic heterocycles. The number of aromatic nitrogens is 3. The fourth-order valence-electron chi connectivity index (χ4n) is 2.09. The third-order valence-corrected chi connectivity index (χ3v) is 3.86. The topological polar surface area (TPSA) is 77.2 Å². The van der Waals surface area contributed by atoms with Gasteiger partial charge in [0.15, 0.2) is 10.8 Å². The average molecular weight is 309 g/mol. The van der Waals surface area contributed by atoms with E-state index in [4.69, 9.17) is 9.84 Å². The molecule has 114 valence electrons. The van der Waals surface area contributed by atoms with Crippen LogP contribution < -0.4 is 0 Å². The SMILES string of the molecule is CCOC(C)Cn1c(SCC(=O)O)nc2cc(C)cnc21. The van der Waals surface area contributed by atoms with E-state index in [1.165, 1.54) is 11.8 Å². The maximum atomic E-state index is 10.8. The average Bonchev–Trinajstić information content (AvgIpc) is 2.74. The van der Waals surface area contributed by atoms with E-state index in [2.05, 4.69) is 9.97 Å². The van der Waals surface area contributed by atoms with Gasteiger partial charge in [0.2, 0.25) is 0 Å². The number of fused-ring (bicyclic) bond motifs is 1. The molecule has 1 N–H and O–H groups in total. The summed E-state index contributed by atoms with van der Waals surface area (Å²) in [6.07, 6.45) is 1.80. The molecule has 0 bridgehead atoms. The molecular weight excluding hydrogens is 290 g/mol. The minimum atomic E-state index is -0.861. The summed E-state index contributed by atoms with van der Waals surface area (Å²) in [5.41, 5.74) is 2.58. The van der Waals surface area contributed by atoms with Crippen molar-refractivity contribution >= 4 is 28.9 Å². The number of nitrogens with zero attached hydrogens (tertiary/aromatic N) is 3. The molecule has 0 aliphatic rings. The Bertz CT molecular complexity index is 642. The monoisotopic (exact) mass is 309 g/mol. The van der Waals surface area contributed by atoms with Gasteiger partial charge in [0, 0.05) is 12.8 Å². The van der Waals surface area contributed by atoms with Crippen molar-refractivity contribution in [2.75, 3.05) is 12.4 Å². The molecule has 0 amide bonds. The molecule has 0 aromatic carbocycles. The molecule has 1 atom stereocenters. The molecule has 0 aliphatic carbocycles. The molecule has 21 heavy (non-hydrogen) atoms. The summed E-state index contributed by atoms with van der Waals surface area (Å²) in [5, 5.41) is 9.52. The third kappa shape index (κ3) is 3.95. The summed E-state index contributed by atoms with van der Waals surface area (Å²) in [7, 11) is 0. The van der Waals surface area contributed by atoms with Crippen LogP contribution in [0.25, 0.3) is 11.2 Å². The van der Waals surface area contributed by atoms with Gasteiger partial charge in [0.05, 0.1) is 18.4 Å². The van der Waals surface area contributed by atoms with Crippen LogP contribution in [0.5, 0.6) is 0 Å². The zero-order valence-corrected chi connectivity index (χ0v) is 13.2. The van der Waals surface area contributed by atoms with E-state index < -0.39 is 5.97 Å². The second kappa shape index (κ2) is 6.91. The van der Waals surface area contributed by atoms with Crippen molar-refractivity contribution in [3.05, 3.63) is 17.8 Å². The largest absolute Gasteiger partial charge is 0.481 e. The maximum Gasteiger partial charge on any atom is 0.313 e. The number of carboxylic acid groups (broad SMARTS) is 1. The van der Waals surface area contributed by atoms with Gasteiger partial charge in [0.1, 0.15) is 5.52 Å². The Labute approximate surface area is 127 Å². The maximum absolute atomic E-state index is 10.8. The molecule has 0 saturated carbocycles. The van der Waals surface area contributed by atoms with Crippen LogP contribution in [0.2, 0.25) is 0 Å². The van der Waals surface area contributed by atoms with Crippen LogP contribution in [-0.4, -0.2) is 44.1 Å². The van der Waals surface area contributed by atoms with Gasteiger partial charge in [-0.1, -0.05) is 11.8 Å². The zero-order valence-electron chi connectivity index (χ0n) is 12.4. The summed E-state index contributed by atoms with van der Waals surface area (Å²) in [5.74, 6) is -0.883. The lowest BCUT2D eigenvalue weighted by Crippen LogP contribution is -2.17. The van der Waals surface area contributed by atoms with Crippen LogP contribution in [0, 0.1) is 6.92 Å². The van der Waals surface area contributed by atoms with Gasteiger partial charge in [-0.05, 0) is 32.4 Å². The van der Waals surface area contributed by atoms with Crippen molar-refractivity contribution < 1.29 is 14.6 Å². The molecule has 0 spiro atoms. The van der Waals surface area contributed by atoms with Gasteiger partial charge >= 0.3 is 5.97 Å². The predicted molar refractivity (Wildman–Crippen MR) is 81.7 cm³/mol. The molecule has 0 saturated heterocycles. The smallest absolute Gasteiger partial charge is 0.313 e. The van der Waals surface area contributed by atoms with Gasteiger partial charge in [-0.2, -0.15) is 0 Å². The Hall–Kier alpha value is -1.60. The Balaban J connectivity index is 2.36. The van der Waals surface area contributed by atoms with Gasteiger partial charge in [0.25, 0.3) is 0 Å². The van der Waals surface area contributed by atoms with Crippen LogP contribution in [-0.2, 0) is 16.1 Å². The predicted octanol–water partition coefficient (Wildman–Crippen LogP) is 2.34. The number of aryl methyl sites for hydroxylation is 1. The number of thioether (sulfide) groups is 1. The number of carbonyl (C=O) groups is 1. The van der Waals surface area contributed by atoms with Gasteiger partial charge in [-0.25, -0.2) is 9.97 Å². The minimum absolute atomic E-state index is 0.0136. The highest BCUT2D eigenvalue weighted by molar-refractivity contribution is 7.99. The molecular formula is C14H19N3O3S. The lowest BCUT2D eigenvalue weighted by Gasteiger charge is -2.14. The van der Waals surface area contributed by atoms with Crippen molar-refractivity contribution in [3.8, 4) is 0 Å². The summed E-state index contributed by atoms with van der Waals surface area (Å²) in [6.45, 7) is 7.12. The van der Waals surface area contributed by atoms with Crippen LogP contribution >= 0.6 is 11.8 Å². The van der Waals surface area contributed by atoms with E-state index in [9.17, 15) is 4.79 Å². The minimum Gasteiger partial charge on any atom is -0.481 e. The van der Waals surface area contributed by atoms with Gasteiger partial charge < -0.3 is 14.4 Å². The molecule has 2 rings (SSSR count). The van der Waals surface area contributed by atoms with E-state index in [1.54, 1.807) is 6.20 Å². The molecule has 0 fully saturated rings. The number of hydrogen-bond acceptors (Lipinski definition) is 5. The molecule has 0 radical (unpaired) electrons. The Morgan fingerprint density at radius 1 is 1.57 bits per heavy atom. The number of rotatable bonds is 7. The summed E-state index contributed by atoms with van der Waals surface area (Å²) in [4.78, 5) is 19.7. The lowest BCUT2D eigenvalue weighted by molar-refractivity contribution is -0.133. The quantitative estimate of drug-likeness (QED) is 0.791. The number of aliphatic carboxylic acids is 1. The molecule has 7 heteroatoms. The van der Waals surface area contributed by atoms with E-state index in [1.807, 2.05) is 31.4 Å². The fraction of sp³-hybridized carbons (Fsp3) is 0.500. The normalized spacial score (nSPS) is 12.7. The summed E-state index contributed by atoms with van der Waals surface area (Å²) < 4.78 is 7.50. The highest BCUT2D eigenvalue weighted by atomic mass is 32.2. The van der Waals surface area contributed by atoms with E-state index in [-0.39, 0.29) is 11.9 Å². The van der Waals surface area contributed by atoms with Gasteiger partial charge in [-0.15, -0.1) is 0 Å². The first kappa shape index (κ1) is 15.8. The second-order valence-corrected chi connectivity index (χ2v) is 5.75. The molecule has 2 aromatic rings. The fourth-order valence-corrected chi connectivity index (χ4v) is 2.82. The van der Waals surface area contributed by atoms with Crippen molar-refractivity contribution in [2.45, 2.75) is 38.6 Å². The van der Waals surface area contributed by atoms with E-state index in [0.717, 1.165) is 16.7 Å². The molecule has 0 aliphatic heterocycles. The number of hydrogen-bond donors (Lipinski definition) is 1. The molecule has 2 heterocycles. The lowest BCUT2D eigenvalue weighted by atomic mass is 10.3. The van der Waals surface area contributed by atoms with Crippen LogP contribution in [0.4, 0.5) is 0 Å². The molecule has 1 unspecified atom stereocenters. The second-order valence-electron chi connectivity index (χ2n) is 4.81. The highest BCUT2D eigenvalue weighted by Crippen LogP contribution is 2.24. The van der Waals surface area contributed by atoms with Crippen molar-refractivity contribution in [1.82, 2.24) is 14.5 Å². The molecule has 6 nitrogen and oxygen atoms in total. The number of carboxylic acids is 1. The van der Waals surface area contributed by atoms with E-state index in [0.29, 0.717) is 18.3 Å². The van der Waals surface area contributed by atoms with Crippen molar-refractivity contribution in [3.63, 3.8) is 0 Å². The summed E-state index contributed by atoms with van der Waals surface area (Å²) in [6, 6.07) is 1.95. The first-order valence-corrected chi connectivity index (χ1v) is 7.79. The number of ether oxygens (including phenoxy) is 1. The van der Waals surface area contributed by atoms with Crippen LogP contribution in [0.3, 0.4) is 0 Å². The zero-order chi connectivity index (χ0) is 15.4. The Kier molecular flexibility index (Phi) is 5.19. The summed E-state index contributed by atoms with van der Waals surface area (Å²) >= 11 is 1.20. The first-order valence-electron chi connectivity index (χ1n) is 6.80. The Morgan fingerprint density at radius 2 is 2.33 bits per heavy atom. The van der Waals surface area contributed by atoms with Gasteiger partial charge in [-0.3, -0.25) is 4.79 Å². The van der Waals surface area contributed by atoms with Crippen LogP contribution in [0.15, 0.2) is 17.4 Å². The van der Waals surface area contributed by atoms with Crippen molar-refractivity contribution in [1.29, 1.82) is 0 Å². The first-order chi connectivity index (χ1) is 10.0. The van der Waals surface area contributed by atoms with Crippen molar-refractivity contribution in [2.24, 2.45) is 0 Å². The standard InChI is InChI=1S/C14H19N3O3S/c1-4-20-10(3)7-17-13-11(5-9(2)6-15-13)16-14(17)21-8-12(18)19/h5-6,10H,4,7-8H2,1-3H3,(H,18,19). The van der Waals surface area contributed by atoms with Crippen LogP contribution in [0.1, 0.15) is 19.4 Å². The Morgan fingerprint density at radius 3 is 3.00 bits per heavy atom. The highest BCUT2D eigenvalue weighted by Gasteiger charge is 2.16. The third-order valence-electron chi connectivity index (χ3n) is 2.90. The number of pyridine rings is 1. The number of imidazole rings is 1.